The highest BCUT2D eigenvalue weighted by Crippen LogP contribution is 2.19. The Bertz CT molecular complexity index is 488. The average molecular weight is 290 g/mol. The molecule has 0 radical (unpaired) electrons. The smallest absolute Gasteiger partial charge is 0.251 e. The molecule has 21 heavy (non-hydrogen) atoms. The Morgan fingerprint density at radius 3 is 2.95 bits per heavy atom. The number of amides is 1. The van der Waals surface area contributed by atoms with E-state index < -0.39 is 0 Å². The van der Waals surface area contributed by atoms with Crippen LogP contribution in [-0.4, -0.2) is 44.6 Å². The molecule has 1 heterocycles. The number of piperidine rings is 1. The SMILES string of the molecule is COc1ccc(C(=O)NCCC2CCCN(C)C2)c(C)c1. The molecule has 0 bridgehead atoms. The van der Waals surface area contributed by atoms with Gasteiger partial charge in [0.15, 0.2) is 0 Å². The Kier molecular flexibility index (Phi) is 5.62. The van der Waals surface area contributed by atoms with Gasteiger partial charge in [-0.1, -0.05) is 0 Å². The van der Waals surface area contributed by atoms with E-state index in [1.165, 1.54) is 19.4 Å². The number of likely N-dealkylation sites (tertiary alicyclic amines) is 1. The Labute approximate surface area is 127 Å². The topological polar surface area (TPSA) is 41.6 Å². The van der Waals surface area contributed by atoms with Crippen molar-refractivity contribution in [2.75, 3.05) is 33.8 Å². The molecule has 0 aliphatic carbocycles. The van der Waals surface area contributed by atoms with E-state index in [0.717, 1.165) is 36.4 Å². The minimum atomic E-state index is 0.0133. The van der Waals surface area contributed by atoms with Crippen LogP contribution in [-0.2, 0) is 0 Å². The van der Waals surface area contributed by atoms with Gasteiger partial charge in [0.05, 0.1) is 7.11 Å². The number of nitrogens with one attached hydrogen (secondary N) is 1. The molecule has 1 aliphatic heterocycles. The molecule has 0 aromatic heterocycles. The first-order valence-corrected chi connectivity index (χ1v) is 7.71. The zero-order valence-electron chi connectivity index (χ0n) is 13.3. The number of carbonyl (C=O) groups excluding carboxylic acids is 1. The number of benzene rings is 1. The molecule has 1 atom stereocenters. The number of rotatable bonds is 5. The summed E-state index contributed by atoms with van der Waals surface area (Å²) < 4.78 is 5.16. The van der Waals surface area contributed by atoms with Crippen molar-refractivity contribution < 1.29 is 9.53 Å². The standard InChI is InChI=1S/C17H26N2O2/c1-13-11-15(21-3)6-7-16(13)17(20)18-9-8-14-5-4-10-19(2)12-14/h6-7,11,14H,4-5,8-10,12H2,1-3H3,(H,18,20). The molecule has 1 aliphatic rings. The molecule has 1 N–H and O–H groups in total. The molecule has 4 nitrogen and oxygen atoms in total. The van der Waals surface area contributed by atoms with Crippen LogP contribution in [0.25, 0.3) is 0 Å². The maximum absolute atomic E-state index is 12.2. The maximum Gasteiger partial charge on any atom is 0.251 e. The monoisotopic (exact) mass is 290 g/mol. The van der Waals surface area contributed by atoms with Gasteiger partial charge in [0.2, 0.25) is 0 Å². The summed E-state index contributed by atoms with van der Waals surface area (Å²) in [6.45, 7) is 5.04. The lowest BCUT2D eigenvalue weighted by molar-refractivity contribution is 0.0947. The first-order chi connectivity index (χ1) is 10.1. The fraction of sp³-hybridized carbons (Fsp3) is 0.588. The Morgan fingerprint density at radius 1 is 1.48 bits per heavy atom. The molecule has 4 heteroatoms. The fourth-order valence-corrected chi connectivity index (χ4v) is 3.01. The molecule has 1 aromatic rings. The number of carbonyl (C=O) groups is 1. The Balaban J connectivity index is 1.81. The zero-order valence-corrected chi connectivity index (χ0v) is 13.3. The molecule has 1 unspecified atom stereocenters. The first-order valence-electron chi connectivity index (χ1n) is 7.71. The minimum absolute atomic E-state index is 0.0133. The molecule has 1 fully saturated rings. The number of ether oxygens (including phenoxy) is 1. The van der Waals surface area contributed by atoms with Crippen LogP contribution in [0.5, 0.6) is 5.75 Å². The lowest BCUT2D eigenvalue weighted by Crippen LogP contribution is -2.34. The van der Waals surface area contributed by atoms with Crippen LogP contribution in [0.1, 0.15) is 35.2 Å². The molecule has 0 spiro atoms. The number of aryl methyl sites for hydroxylation is 1. The van der Waals surface area contributed by atoms with Crippen molar-refractivity contribution in [1.29, 1.82) is 0 Å². The fourth-order valence-electron chi connectivity index (χ4n) is 3.01. The zero-order chi connectivity index (χ0) is 15.2. The summed E-state index contributed by atoms with van der Waals surface area (Å²) in [4.78, 5) is 14.6. The van der Waals surface area contributed by atoms with E-state index in [1.54, 1.807) is 7.11 Å². The minimum Gasteiger partial charge on any atom is -0.497 e. The first kappa shape index (κ1) is 15.8. The third-order valence-electron chi connectivity index (χ3n) is 4.24. The summed E-state index contributed by atoms with van der Waals surface area (Å²) in [6, 6.07) is 5.56. The molecular formula is C17H26N2O2. The number of nitrogens with zero attached hydrogens (tertiary/aromatic N) is 1. The lowest BCUT2D eigenvalue weighted by Gasteiger charge is -2.29. The van der Waals surface area contributed by atoms with Crippen LogP contribution >= 0.6 is 0 Å². The van der Waals surface area contributed by atoms with Crippen molar-refractivity contribution in [3.05, 3.63) is 29.3 Å². The van der Waals surface area contributed by atoms with Crippen molar-refractivity contribution >= 4 is 5.91 Å². The molecule has 1 saturated heterocycles. The van der Waals surface area contributed by atoms with Crippen LogP contribution < -0.4 is 10.1 Å². The van der Waals surface area contributed by atoms with Gasteiger partial charge in [0.25, 0.3) is 5.91 Å². The summed E-state index contributed by atoms with van der Waals surface area (Å²) in [7, 11) is 3.81. The molecule has 2 rings (SSSR count). The van der Waals surface area contributed by atoms with E-state index in [-0.39, 0.29) is 5.91 Å². The highest BCUT2D eigenvalue weighted by molar-refractivity contribution is 5.95. The van der Waals surface area contributed by atoms with Crippen LogP contribution in [0.15, 0.2) is 18.2 Å². The largest absolute Gasteiger partial charge is 0.497 e. The van der Waals surface area contributed by atoms with Crippen molar-refractivity contribution in [3.63, 3.8) is 0 Å². The lowest BCUT2D eigenvalue weighted by atomic mass is 9.95. The Morgan fingerprint density at radius 2 is 2.29 bits per heavy atom. The second-order valence-corrected chi connectivity index (χ2v) is 6.00. The van der Waals surface area contributed by atoms with Gasteiger partial charge in [-0.15, -0.1) is 0 Å². The predicted molar refractivity (Wildman–Crippen MR) is 84.9 cm³/mol. The van der Waals surface area contributed by atoms with Crippen LogP contribution in [0, 0.1) is 12.8 Å². The number of hydrogen-bond acceptors (Lipinski definition) is 3. The highest BCUT2D eigenvalue weighted by atomic mass is 16.5. The second-order valence-electron chi connectivity index (χ2n) is 6.00. The van der Waals surface area contributed by atoms with E-state index >= 15 is 0 Å². The van der Waals surface area contributed by atoms with E-state index in [2.05, 4.69) is 17.3 Å². The molecule has 116 valence electrons. The van der Waals surface area contributed by atoms with Crippen molar-refractivity contribution in [3.8, 4) is 5.75 Å². The number of methoxy groups -OCH3 is 1. The summed E-state index contributed by atoms with van der Waals surface area (Å²) in [6.07, 6.45) is 3.61. The maximum atomic E-state index is 12.2. The van der Waals surface area contributed by atoms with E-state index in [0.29, 0.717) is 5.92 Å². The second kappa shape index (κ2) is 7.46. The van der Waals surface area contributed by atoms with E-state index in [4.69, 9.17) is 4.74 Å². The van der Waals surface area contributed by atoms with Crippen molar-refractivity contribution in [1.82, 2.24) is 10.2 Å². The normalized spacial score (nSPS) is 19.3. The van der Waals surface area contributed by atoms with E-state index in [1.807, 2.05) is 25.1 Å². The molecule has 0 saturated carbocycles. The van der Waals surface area contributed by atoms with Gasteiger partial charge in [-0.05, 0) is 69.5 Å². The van der Waals surface area contributed by atoms with Gasteiger partial charge in [-0.25, -0.2) is 0 Å². The van der Waals surface area contributed by atoms with Crippen LogP contribution in [0.4, 0.5) is 0 Å². The van der Waals surface area contributed by atoms with Gasteiger partial charge in [0, 0.05) is 18.7 Å². The van der Waals surface area contributed by atoms with Gasteiger partial charge in [-0.2, -0.15) is 0 Å². The third-order valence-corrected chi connectivity index (χ3v) is 4.24. The average Bonchev–Trinajstić information content (AvgIpc) is 2.47. The van der Waals surface area contributed by atoms with Crippen molar-refractivity contribution in [2.24, 2.45) is 5.92 Å². The molecular weight excluding hydrogens is 264 g/mol. The summed E-state index contributed by atoms with van der Waals surface area (Å²) in [5.41, 5.74) is 1.68. The predicted octanol–water partition coefficient (Wildman–Crippen LogP) is 2.47. The highest BCUT2D eigenvalue weighted by Gasteiger charge is 2.17. The van der Waals surface area contributed by atoms with Gasteiger partial charge in [-0.3, -0.25) is 4.79 Å². The van der Waals surface area contributed by atoms with E-state index in [9.17, 15) is 4.79 Å². The third kappa shape index (κ3) is 4.46. The van der Waals surface area contributed by atoms with Gasteiger partial charge in [0.1, 0.15) is 5.75 Å². The van der Waals surface area contributed by atoms with Gasteiger partial charge < -0.3 is 15.0 Å². The number of hydrogen-bond donors (Lipinski definition) is 1. The summed E-state index contributed by atoms with van der Waals surface area (Å²) >= 11 is 0. The molecule has 1 aromatic carbocycles. The summed E-state index contributed by atoms with van der Waals surface area (Å²) in [5.74, 6) is 1.51. The summed E-state index contributed by atoms with van der Waals surface area (Å²) in [5, 5.41) is 3.04. The quantitative estimate of drug-likeness (QED) is 0.906. The van der Waals surface area contributed by atoms with Crippen LogP contribution in [0.2, 0.25) is 0 Å². The van der Waals surface area contributed by atoms with Crippen LogP contribution in [0.3, 0.4) is 0 Å². The van der Waals surface area contributed by atoms with Gasteiger partial charge >= 0.3 is 0 Å². The molecule has 1 amide bonds. The Hall–Kier alpha value is -1.55. The van der Waals surface area contributed by atoms with Crippen molar-refractivity contribution in [2.45, 2.75) is 26.2 Å².